The van der Waals surface area contributed by atoms with Gasteiger partial charge in [-0.25, -0.2) is 15.0 Å². The minimum atomic E-state index is -0.814. The molecule has 0 aromatic carbocycles. The van der Waals surface area contributed by atoms with E-state index < -0.39 is 35.2 Å². The van der Waals surface area contributed by atoms with Crippen LogP contribution in [0.5, 0.6) is 0 Å². The second-order valence-corrected chi connectivity index (χ2v) is 9.90. The minimum Gasteiger partial charge on any atom is -0.394 e. The lowest BCUT2D eigenvalue weighted by atomic mass is 9.96. The monoisotopic (exact) mass is 431 g/mol. The summed E-state index contributed by atoms with van der Waals surface area (Å²) in [5.41, 5.74) is -0.413. The lowest BCUT2D eigenvalue weighted by Gasteiger charge is -2.31. The molecule has 0 unspecified atom stereocenters. The Hall–Kier alpha value is -2.14. The first-order chi connectivity index (χ1) is 14.7. The molecule has 2 aliphatic heterocycles. The van der Waals surface area contributed by atoms with Gasteiger partial charge in [0, 0.05) is 18.3 Å². The number of hydrogen-bond acceptors (Lipinski definition) is 8. The maximum atomic E-state index is 12.5. The Morgan fingerprint density at radius 1 is 1.29 bits per heavy atom. The first-order valence-electron chi connectivity index (χ1n) is 10.8. The van der Waals surface area contributed by atoms with Crippen LogP contribution in [-0.4, -0.2) is 60.7 Å². The van der Waals surface area contributed by atoms with E-state index >= 15 is 0 Å². The summed E-state index contributed by atoms with van der Waals surface area (Å²) in [6.07, 6.45) is 5.25. The van der Waals surface area contributed by atoms with Crippen LogP contribution in [0.1, 0.15) is 59.6 Å². The Morgan fingerprint density at radius 2 is 2.03 bits per heavy atom. The number of hydrogen-bond donors (Lipinski definition) is 2. The number of carbonyl (C=O) groups is 1. The van der Waals surface area contributed by atoms with Gasteiger partial charge in [0.2, 0.25) is 5.91 Å². The zero-order valence-electron chi connectivity index (χ0n) is 18.3. The van der Waals surface area contributed by atoms with E-state index in [1.807, 2.05) is 27.7 Å². The molecule has 5 rings (SSSR count). The molecule has 3 aliphatic rings. The summed E-state index contributed by atoms with van der Waals surface area (Å²) in [6, 6.07) is 0. The maximum Gasteiger partial charge on any atom is 0.230 e. The Balaban J connectivity index is 1.52. The number of ether oxygens (including phenoxy) is 3. The van der Waals surface area contributed by atoms with Crippen molar-refractivity contribution < 1.29 is 24.1 Å². The largest absolute Gasteiger partial charge is 0.394 e. The lowest BCUT2D eigenvalue weighted by molar-refractivity contribution is -0.231. The van der Waals surface area contributed by atoms with Gasteiger partial charge in [-0.05, 0) is 19.8 Å². The van der Waals surface area contributed by atoms with Gasteiger partial charge in [-0.3, -0.25) is 9.36 Å². The van der Waals surface area contributed by atoms with E-state index in [0.29, 0.717) is 17.0 Å². The van der Waals surface area contributed by atoms with E-state index in [-0.39, 0.29) is 12.5 Å². The predicted octanol–water partition coefficient (Wildman–Crippen LogP) is 2.14. The third-order valence-electron chi connectivity index (χ3n) is 6.51. The minimum absolute atomic E-state index is 0.165. The summed E-state index contributed by atoms with van der Waals surface area (Å²) in [6.45, 7) is 7.28. The second kappa shape index (κ2) is 6.93. The van der Waals surface area contributed by atoms with Crippen LogP contribution in [0.15, 0.2) is 12.7 Å². The van der Waals surface area contributed by atoms with Crippen LogP contribution >= 0.6 is 0 Å². The highest BCUT2D eigenvalue weighted by atomic mass is 16.8. The van der Waals surface area contributed by atoms with Crippen molar-refractivity contribution in [3.63, 3.8) is 0 Å². The first kappa shape index (κ1) is 20.7. The average molecular weight is 431 g/mol. The van der Waals surface area contributed by atoms with E-state index in [0.717, 1.165) is 25.7 Å². The number of nitrogens with zero attached hydrogens (tertiary/aromatic N) is 4. The van der Waals surface area contributed by atoms with E-state index in [1.165, 1.54) is 6.33 Å². The molecule has 10 heteroatoms. The van der Waals surface area contributed by atoms with Gasteiger partial charge in [0.15, 0.2) is 29.0 Å². The van der Waals surface area contributed by atoms with Crippen molar-refractivity contribution in [3.05, 3.63) is 12.7 Å². The molecule has 1 spiro atoms. The molecule has 4 heterocycles. The van der Waals surface area contributed by atoms with Gasteiger partial charge < -0.3 is 24.6 Å². The molecule has 1 amide bonds. The van der Waals surface area contributed by atoms with Crippen LogP contribution in [0.3, 0.4) is 0 Å². The molecule has 3 fully saturated rings. The standard InChI is InChI=1S/C21H29N5O5/c1-19(2,3)17(28)25-15-13-16(23-10-22-15)26(11-24-13)18-20(4)14(12(9-27)29-18)30-21(31-20)7-5-6-8-21/h10-12,14,18,27H,5-9H2,1-4H3,(H,22,23,25,28)/t12-,14-,18-,20-/m1/s1. The number of aliphatic hydroxyl groups excluding tert-OH is 1. The van der Waals surface area contributed by atoms with Crippen LogP contribution in [0, 0.1) is 5.41 Å². The molecular weight excluding hydrogens is 402 g/mol. The van der Waals surface area contributed by atoms with Gasteiger partial charge in [-0.2, -0.15) is 0 Å². The highest BCUT2D eigenvalue weighted by Crippen LogP contribution is 2.55. The molecule has 4 atom stereocenters. The Kier molecular flexibility index (Phi) is 4.64. The van der Waals surface area contributed by atoms with Gasteiger partial charge in [0.05, 0.1) is 12.9 Å². The van der Waals surface area contributed by atoms with Crippen molar-refractivity contribution in [2.75, 3.05) is 11.9 Å². The number of aliphatic hydroxyl groups is 1. The molecule has 168 valence electrons. The summed E-state index contributed by atoms with van der Waals surface area (Å²) in [4.78, 5) is 25.6. The normalized spacial score (nSPS) is 32.1. The van der Waals surface area contributed by atoms with Crippen molar-refractivity contribution in [3.8, 4) is 0 Å². The molecule has 1 saturated carbocycles. The fourth-order valence-electron chi connectivity index (χ4n) is 4.86. The quantitative estimate of drug-likeness (QED) is 0.758. The third-order valence-corrected chi connectivity index (χ3v) is 6.51. The van der Waals surface area contributed by atoms with Crippen molar-refractivity contribution in [2.45, 2.75) is 83.2 Å². The van der Waals surface area contributed by atoms with Crippen molar-refractivity contribution in [1.82, 2.24) is 19.5 Å². The van der Waals surface area contributed by atoms with E-state index in [2.05, 4.69) is 20.3 Å². The number of rotatable bonds is 3. The van der Waals surface area contributed by atoms with Crippen LogP contribution in [0.2, 0.25) is 0 Å². The number of aromatic nitrogens is 4. The Bertz CT molecular complexity index is 1010. The third kappa shape index (κ3) is 3.15. The molecule has 1 aliphatic carbocycles. The summed E-state index contributed by atoms with van der Waals surface area (Å²) in [5, 5.41) is 12.8. The zero-order valence-corrected chi connectivity index (χ0v) is 18.3. The number of fused-ring (bicyclic) bond motifs is 2. The summed E-state index contributed by atoms with van der Waals surface area (Å²) in [5.74, 6) is -0.438. The smallest absolute Gasteiger partial charge is 0.230 e. The van der Waals surface area contributed by atoms with Gasteiger partial charge in [-0.15, -0.1) is 0 Å². The van der Waals surface area contributed by atoms with E-state index in [9.17, 15) is 9.90 Å². The maximum absolute atomic E-state index is 12.5. The predicted molar refractivity (Wildman–Crippen MR) is 110 cm³/mol. The topological polar surface area (TPSA) is 121 Å². The molecule has 10 nitrogen and oxygen atoms in total. The summed E-state index contributed by atoms with van der Waals surface area (Å²) in [7, 11) is 0. The molecule has 0 bridgehead atoms. The second-order valence-electron chi connectivity index (χ2n) is 9.90. The van der Waals surface area contributed by atoms with Crippen LogP contribution in [-0.2, 0) is 19.0 Å². The molecule has 2 N–H and O–H groups in total. The van der Waals surface area contributed by atoms with Gasteiger partial charge >= 0.3 is 0 Å². The van der Waals surface area contributed by atoms with Crippen molar-refractivity contribution in [1.29, 1.82) is 0 Å². The fraction of sp³-hybridized carbons (Fsp3) is 0.714. The van der Waals surface area contributed by atoms with Gasteiger partial charge in [0.1, 0.15) is 24.1 Å². The average Bonchev–Trinajstić information content (AvgIpc) is 3.45. The number of imidazole rings is 1. The fourth-order valence-corrected chi connectivity index (χ4v) is 4.86. The number of amides is 1. The molecular formula is C21H29N5O5. The Labute approximate surface area is 180 Å². The molecule has 2 aromatic heterocycles. The SMILES string of the molecule is CC(C)(C)C(=O)Nc1ncnc2c1ncn2[C@@H]1O[C@H](CO)[C@H]2OC3(CCCC3)O[C@]21C. The highest BCUT2D eigenvalue weighted by molar-refractivity contribution is 5.99. The molecule has 2 aromatic rings. The van der Waals surface area contributed by atoms with Crippen LogP contribution < -0.4 is 5.32 Å². The van der Waals surface area contributed by atoms with E-state index in [4.69, 9.17) is 14.2 Å². The molecule has 2 saturated heterocycles. The summed E-state index contributed by atoms with van der Waals surface area (Å²) < 4.78 is 20.9. The zero-order chi connectivity index (χ0) is 22.0. The first-order valence-corrected chi connectivity index (χ1v) is 10.8. The molecule has 31 heavy (non-hydrogen) atoms. The van der Waals surface area contributed by atoms with Gasteiger partial charge in [-0.1, -0.05) is 20.8 Å². The molecule has 0 radical (unpaired) electrons. The number of nitrogens with one attached hydrogen (secondary N) is 1. The van der Waals surface area contributed by atoms with E-state index in [1.54, 1.807) is 10.9 Å². The summed E-state index contributed by atoms with van der Waals surface area (Å²) >= 11 is 0. The van der Waals surface area contributed by atoms with Crippen molar-refractivity contribution >= 4 is 22.9 Å². The Morgan fingerprint density at radius 3 is 2.71 bits per heavy atom. The highest BCUT2D eigenvalue weighted by Gasteiger charge is 2.66. The number of carbonyl (C=O) groups excluding carboxylic acids is 1. The van der Waals surface area contributed by atoms with Crippen LogP contribution in [0.25, 0.3) is 11.2 Å². The van der Waals surface area contributed by atoms with Crippen LogP contribution in [0.4, 0.5) is 5.82 Å². The number of anilines is 1. The van der Waals surface area contributed by atoms with Crippen molar-refractivity contribution in [2.24, 2.45) is 5.41 Å². The van der Waals surface area contributed by atoms with Gasteiger partial charge in [0.25, 0.3) is 0 Å². The lowest BCUT2D eigenvalue weighted by Crippen LogP contribution is -2.42.